The molecule has 29 heavy (non-hydrogen) atoms. The summed E-state index contributed by atoms with van der Waals surface area (Å²) in [7, 11) is 0. The second-order valence-corrected chi connectivity index (χ2v) is 9.62. The summed E-state index contributed by atoms with van der Waals surface area (Å²) in [6, 6.07) is 2.11. The first kappa shape index (κ1) is 23.2. The van der Waals surface area contributed by atoms with Crippen LogP contribution in [0, 0.1) is 45.8 Å². The van der Waals surface area contributed by atoms with E-state index < -0.39 is 47.6 Å². The van der Waals surface area contributed by atoms with Crippen molar-refractivity contribution in [2.45, 2.75) is 73.5 Å². The Morgan fingerprint density at radius 1 is 1.31 bits per heavy atom. The van der Waals surface area contributed by atoms with E-state index in [1.165, 1.54) is 0 Å². The monoisotopic (exact) mass is 407 g/mol. The third kappa shape index (κ3) is 4.12. The second kappa shape index (κ2) is 8.33. The molecule has 2 fully saturated rings. The minimum atomic E-state index is -1.17. The molecule has 6 unspecified atom stereocenters. The molecule has 0 radical (unpaired) electrons. The first-order valence-electron chi connectivity index (χ1n) is 10.4. The van der Waals surface area contributed by atoms with Gasteiger partial charge in [0.1, 0.15) is 12.2 Å². The zero-order chi connectivity index (χ0) is 22.1. The molecule has 0 amide bonds. The van der Waals surface area contributed by atoms with E-state index >= 15 is 0 Å². The molecular formula is C22H33NO6. The average Bonchev–Trinajstić information content (AvgIpc) is 2.80. The van der Waals surface area contributed by atoms with Gasteiger partial charge >= 0.3 is 17.9 Å². The SMILES string of the molecule is CC(C)CC(C)(C(=O)OCC(=O)OC1C(C)CC2(C#N)C(=O)OC1C2C)C(C)C. The highest BCUT2D eigenvalue weighted by atomic mass is 16.6. The number of fused-ring (bicyclic) bond motifs is 2. The molecule has 0 aromatic rings. The van der Waals surface area contributed by atoms with Crippen molar-refractivity contribution in [1.82, 2.24) is 0 Å². The molecule has 0 N–H and O–H groups in total. The summed E-state index contributed by atoms with van der Waals surface area (Å²) >= 11 is 0. The fourth-order valence-corrected chi connectivity index (χ4v) is 4.62. The van der Waals surface area contributed by atoms with Gasteiger partial charge in [0, 0.05) is 5.92 Å². The highest BCUT2D eigenvalue weighted by molar-refractivity contribution is 5.84. The predicted octanol–water partition coefficient (Wildman–Crippen LogP) is 3.26. The largest absolute Gasteiger partial charge is 0.457 e. The summed E-state index contributed by atoms with van der Waals surface area (Å²) in [6.45, 7) is 13.0. The maximum Gasteiger partial charge on any atom is 0.344 e. The van der Waals surface area contributed by atoms with Crippen molar-refractivity contribution >= 4 is 17.9 Å². The van der Waals surface area contributed by atoms with E-state index in [0.717, 1.165) is 0 Å². The summed E-state index contributed by atoms with van der Waals surface area (Å²) in [6.07, 6.45) is -0.384. The maximum absolute atomic E-state index is 12.7. The van der Waals surface area contributed by atoms with Crippen molar-refractivity contribution in [2.75, 3.05) is 6.61 Å². The van der Waals surface area contributed by atoms with E-state index in [1.807, 2.05) is 41.5 Å². The van der Waals surface area contributed by atoms with E-state index in [9.17, 15) is 19.6 Å². The van der Waals surface area contributed by atoms with E-state index in [4.69, 9.17) is 14.2 Å². The van der Waals surface area contributed by atoms with Gasteiger partial charge in [-0.05, 0) is 37.5 Å². The fraction of sp³-hybridized carbons (Fsp3) is 0.818. The van der Waals surface area contributed by atoms with E-state index in [1.54, 1.807) is 6.92 Å². The average molecular weight is 408 g/mol. The Morgan fingerprint density at radius 2 is 1.93 bits per heavy atom. The summed E-state index contributed by atoms with van der Waals surface area (Å²) in [5.74, 6) is -1.86. The summed E-state index contributed by atoms with van der Waals surface area (Å²) in [4.78, 5) is 37.3. The quantitative estimate of drug-likeness (QED) is 0.471. The first-order chi connectivity index (χ1) is 13.4. The molecule has 162 valence electrons. The van der Waals surface area contributed by atoms with E-state index in [2.05, 4.69) is 6.07 Å². The van der Waals surface area contributed by atoms with Crippen LogP contribution >= 0.6 is 0 Å². The van der Waals surface area contributed by atoms with Crippen LogP contribution in [-0.4, -0.2) is 36.7 Å². The molecule has 2 bridgehead atoms. The molecule has 1 aliphatic heterocycles. The molecule has 2 aliphatic rings. The van der Waals surface area contributed by atoms with Gasteiger partial charge in [-0.3, -0.25) is 9.59 Å². The summed E-state index contributed by atoms with van der Waals surface area (Å²) in [5.41, 5.74) is -1.86. The number of hydrogen-bond acceptors (Lipinski definition) is 7. The van der Waals surface area contributed by atoms with Crippen LogP contribution in [-0.2, 0) is 28.6 Å². The molecule has 0 aromatic carbocycles. The van der Waals surface area contributed by atoms with Gasteiger partial charge in [-0.15, -0.1) is 0 Å². The van der Waals surface area contributed by atoms with Crippen LogP contribution in [0.4, 0.5) is 0 Å². The molecule has 1 saturated carbocycles. The lowest BCUT2D eigenvalue weighted by molar-refractivity contribution is -0.178. The lowest BCUT2D eigenvalue weighted by Crippen LogP contribution is -2.48. The van der Waals surface area contributed by atoms with Gasteiger partial charge in [-0.1, -0.05) is 41.5 Å². The molecule has 6 atom stereocenters. The van der Waals surface area contributed by atoms with Crippen molar-refractivity contribution in [2.24, 2.45) is 34.5 Å². The van der Waals surface area contributed by atoms with Gasteiger partial charge in [-0.25, -0.2) is 4.79 Å². The number of esters is 3. The topological polar surface area (TPSA) is 103 Å². The van der Waals surface area contributed by atoms with Crippen LogP contribution in [0.1, 0.15) is 61.3 Å². The van der Waals surface area contributed by atoms with Crippen molar-refractivity contribution in [3.63, 3.8) is 0 Å². The van der Waals surface area contributed by atoms with Crippen molar-refractivity contribution < 1.29 is 28.6 Å². The molecule has 7 heteroatoms. The Balaban J connectivity index is 2.00. The third-order valence-electron chi connectivity index (χ3n) is 6.77. The van der Waals surface area contributed by atoms with Crippen LogP contribution in [0.25, 0.3) is 0 Å². The number of nitriles is 1. The van der Waals surface area contributed by atoms with Crippen molar-refractivity contribution in [3.8, 4) is 6.07 Å². The van der Waals surface area contributed by atoms with Crippen LogP contribution in [0.2, 0.25) is 0 Å². The van der Waals surface area contributed by atoms with Crippen molar-refractivity contribution in [1.29, 1.82) is 5.26 Å². The smallest absolute Gasteiger partial charge is 0.344 e. The number of rotatable bonds is 7. The highest BCUT2D eigenvalue weighted by Crippen LogP contribution is 2.51. The second-order valence-electron chi connectivity index (χ2n) is 9.62. The number of hydrogen-bond donors (Lipinski definition) is 0. The standard InChI is InChI=1S/C22H33NO6/c1-12(2)8-21(7,13(3)4)19(25)27-10-16(24)28-17-14(5)9-22(11-23)15(6)18(17)29-20(22)26/h12-15,17-18H,8-10H2,1-7H3. The van der Waals surface area contributed by atoms with Gasteiger partial charge in [0.15, 0.2) is 12.0 Å². The summed E-state index contributed by atoms with van der Waals surface area (Å²) < 4.78 is 16.2. The van der Waals surface area contributed by atoms with Gasteiger partial charge in [0.2, 0.25) is 0 Å². The number of carbonyl (C=O) groups excluding carboxylic acids is 3. The minimum absolute atomic E-state index is 0.0599. The fourth-order valence-electron chi connectivity index (χ4n) is 4.62. The molecule has 0 aromatic heterocycles. The van der Waals surface area contributed by atoms with Crippen molar-refractivity contribution in [3.05, 3.63) is 0 Å². The molecular weight excluding hydrogens is 374 g/mol. The Kier molecular flexibility index (Phi) is 6.66. The summed E-state index contributed by atoms with van der Waals surface area (Å²) in [5, 5.41) is 9.51. The number of ether oxygens (including phenoxy) is 3. The van der Waals surface area contributed by atoms with Crippen LogP contribution in [0.3, 0.4) is 0 Å². The van der Waals surface area contributed by atoms with Crippen LogP contribution < -0.4 is 0 Å². The zero-order valence-corrected chi connectivity index (χ0v) is 18.5. The van der Waals surface area contributed by atoms with E-state index in [-0.39, 0.29) is 24.2 Å². The molecule has 2 rings (SSSR count). The van der Waals surface area contributed by atoms with Crippen LogP contribution in [0.5, 0.6) is 0 Å². The third-order valence-corrected chi connectivity index (χ3v) is 6.77. The van der Waals surface area contributed by atoms with Gasteiger partial charge in [0.05, 0.1) is 11.5 Å². The predicted molar refractivity (Wildman–Crippen MR) is 104 cm³/mol. The van der Waals surface area contributed by atoms with Gasteiger partial charge in [0.25, 0.3) is 0 Å². The number of carbonyl (C=O) groups is 3. The lowest BCUT2D eigenvalue weighted by atomic mass is 9.64. The molecule has 0 spiro atoms. The number of nitrogens with zero attached hydrogens (tertiary/aromatic N) is 1. The Hall–Kier alpha value is -2.10. The lowest BCUT2D eigenvalue weighted by Gasteiger charge is -2.38. The van der Waals surface area contributed by atoms with Gasteiger partial charge < -0.3 is 14.2 Å². The molecule has 7 nitrogen and oxygen atoms in total. The normalized spacial score (nSPS) is 33.0. The molecule has 1 heterocycles. The maximum atomic E-state index is 12.7. The Bertz CT molecular complexity index is 711. The molecule has 1 saturated heterocycles. The van der Waals surface area contributed by atoms with Gasteiger partial charge in [-0.2, -0.15) is 5.26 Å². The minimum Gasteiger partial charge on any atom is -0.457 e. The molecule has 1 aliphatic carbocycles. The Morgan fingerprint density at radius 3 is 2.45 bits per heavy atom. The zero-order valence-electron chi connectivity index (χ0n) is 18.5. The first-order valence-corrected chi connectivity index (χ1v) is 10.4. The van der Waals surface area contributed by atoms with Crippen LogP contribution in [0.15, 0.2) is 0 Å². The Labute approximate surface area is 173 Å². The van der Waals surface area contributed by atoms with E-state index in [0.29, 0.717) is 12.3 Å². The highest BCUT2D eigenvalue weighted by Gasteiger charge is 2.64.